The average molecular weight is 778 g/mol. The summed E-state index contributed by atoms with van der Waals surface area (Å²) in [5.74, 6) is 1.73. The molecule has 3 saturated heterocycles. The molecular weight excluding hydrogens is 730 g/mol. The van der Waals surface area contributed by atoms with Crippen molar-refractivity contribution in [1.29, 1.82) is 0 Å². The van der Waals surface area contributed by atoms with Gasteiger partial charge in [0.15, 0.2) is 0 Å². The van der Waals surface area contributed by atoms with E-state index < -0.39 is 6.03 Å². The molecule has 0 saturated carbocycles. The summed E-state index contributed by atoms with van der Waals surface area (Å²) in [6.07, 6.45) is 7.41. The number of hydrogen-bond acceptors (Lipinski definition) is 12. The SMILES string of the molecule is Cc1c(N2CCc3cnc(Nc4ccc(N5CCC(CN6CCN(c7ccc(N8CCC(=O)NC8=O)c(Cl)c7)CC6)CC5)cc4)nc3C2)cnc2c1NCCO2. The van der Waals surface area contributed by atoms with Gasteiger partial charge < -0.3 is 30.1 Å². The molecule has 2 aromatic heterocycles. The Hall–Kier alpha value is -5.34. The topological polar surface area (TPSA) is 134 Å². The molecule has 4 aromatic rings. The van der Waals surface area contributed by atoms with Crippen LogP contribution in [0.25, 0.3) is 0 Å². The van der Waals surface area contributed by atoms with E-state index in [1.165, 1.54) is 29.0 Å². The maximum atomic E-state index is 12.3. The first kappa shape index (κ1) is 36.3. The molecule has 0 spiro atoms. The average Bonchev–Trinajstić information content (AvgIpc) is 3.22. The van der Waals surface area contributed by atoms with Gasteiger partial charge in [-0.15, -0.1) is 0 Å². The van der Waals surface area contributed by atoms with E-state index in [1.807, 2.05) is 30.6 Å². The number of benzene rings is 2. The Bertz CT molecular complexity index is 2100. The Morgan fingerprint density at radius 2 is 1.64 bits per heavy atom. The number of carbonyl (C=O) groups is 2. The van der Waals surface area contributed by atoms with Gasteiger partial charge in [0.1, 0.15) is 12.3 Å². The Labute approximate surface area is 332 Å². The van der Waals surface area contributed by atoms with Gasteiger partial charge in [0.25, 0.3) is 0 Å². The van der Waals surface area contributed by atoms with Crippen molar-refractivity contribution < 1.29 is 14.3 Å². The van der Waals surface area contributed by atoms with Crippen LogP contribution in [0.5, 0.6) is 5.88 Å². The number of amides is 3. The van der Waals surface area contributed by atoms with Crippen molar-refractivity contribution in [3.63, 3.8) is 0 Å². The lowest BCUT2D eigenvalue weighted by atomic mass is 9.95. The van der Waals surface area contributed by atoms with Gasteiger partial charge in [-0.3, -0.25) is 19.9 Å². The largest absolute Gasteiger partial charge is 0.474 e. The van der Waals surface area contributed by atoms with Crippen molar-refractivity contribution in [2.24, 2.45) is 5.92 Å². The van der Waals surface area contributed by atoms with Gasteiger partial charge in [0.05, 0.1) is 34.8 Å². The number of piperidine rings is 1. The van der Waals surface area contributed by atoms with E-state index in [1.54, 1.807) is 0 Å². The van der Waals surface area contributed by atoms with Crippen LogP contribution in [-0.2, 0) is 17.8 Å². The lowest BCUT2D eigenvalue weighted by Crippen LogP contribution is -2.50. The van der Waals surface area contributed by atoms with Crippen LogP contribution in [0, 0.1) is 12.8 Å². The number of pyridine rings is 1. The number of ether oxygens (including phenoxy) is 1. The van der Waals surface area contributed by atoms with Gasteiger partial charge in [-0.1, -0.05) is 11.6 Å². The van der Waals surface area contributed by atoms with Crippen LogP contribution in [0.4, 0.5) is 44.9 Å². The predicted molar refractivity (Wildman–Crippen MR) is 220 cm³/mol. The van der Waals surface area contributed by atoms with E-state index in [9.17, 15) is 9.59 Å². The third kappa shape index (κ3) is 7.59. The van der Waals surface area contributed by atoms with Crippen LogP contribution in [0.1, 0.15) is 36.1 Å². The number of imide groups is 1. The highest BCUT2D eigenvalue weighted by Crippen LogP contribution is 2.37. The van der Waals surface area contributed by atoms with Gasteiger partial charge >= 0.3 is 6.03 Å². The molecule has 0 aliphatic carbocycles. The highest BCUT2D eigenvalue weighted by molar-refractivity contribution is 6.34. The van der Waals surface area contributed by atoms with Gasteiger partial charge in [0, 0.05) is 101 Å². The lowest BCUT2D eigenvalue weighted by Gasteiger charge is -2.40. The highest BCUT2D eigenvalue weighted by Gasteiger charge is 2.28. The second kappa shape index (κ2) is 15.7. The number of urea groups is 1. The third-order valence-electron chi connectivity index (χ3n) is 11.8. The molecule has 2 aromatic carbocycles. The molecule has 14 nitrogen and oxygen atoms in total. The third-order valence-corrected chi connectivity index (χ3v) is 12.1. The highest BCUT2D eigenvalue weighted by atomic mass is 35.5. The number of piperazine rings is 1. The molecule has 292 valence electrons. The van der Waals surface area contributed by atoms with Gasteiger partial charge in [-0.05, 0) is 80.1 Å². The molecule has 9 rings (SSSR count). The quantitative estimate of drug-likeness (QED) is 0.211. The normalized spacial score (nSPS) is 19.2. The lowest BCUT2D eigenvalue weighted by molar-refractivity contribution is -0.120. The van der Waals surface area contributed by atoms with Crippen molar-refractivity contribution in [2.45, 2.75) is 39.2 Å². The minimum atomic E-state index is -0.421. The summed E-state index contributed by atoms with van der Waals surface area (Å²) in [4.78, 5) is 49.4. The molecule has 5 aliphatic heterocycles. The van der Waals surface area contributed by atoms with Crippen LogP contribution in [-0.4, -0.2) is 104 Å². The molecule has 3 fully saturated rings. The van der Waals surface area contributed by atoms with E-state index in [0.717, 1.165) is 99.3 Å². The van der Waals surface area contributed by atoms with E-state index in [4.69, 9.17) is 21.3 Å². The van der Waals surface area contributed by atoms with E-state index in [0.29, 0.717) is 48.2 Å². The summed E-state index contributed by atoms with van der Waals surface area (Å²) >= 11 is 6.63. The minimum Gasteiger partial charge on any atom is -0.474 e. The number of hydrogen-bond donors (Lipinski definition) is 3. The fraction of sp³-hybridized carbons (Fsp3) is 0.439. The molecular formula is C41H48ClN11O3. The molecule has 0 unspecified atom stereocenters. The monoisotopic (exact) mass is 777 g/mol. The zero-order valence-electron chi connectivity index (χ0n) is 31.8. The maximum Gasteiger partial charge on any atom is 0.328 e. The first-order chi connectivity index (χ1) is 27.3. The number of halogens is 1. The number of aromatic nitrogens is 3. The van der Waals surface area contributed by atoms with Gasteiger partial charge in [-0.25, -0.2) is 19.7 Å². The summed E-state index contributed by atoms with van der Waals surface area (Å²) < 4.78 is 5.74. The second-order valence-corrected chi connectivity index (χ2v) is 15.7. The fourth-order valence-electron chi connectivity index (χ4n) is 8.62. The van der Waals surface area contributed by atoms with Crippen molar-refractivity contribution in [3.8, 4) is 5.88 Å². The molecule has 0 radical (unpaired) electrons. The van der Waals surface area contributed by atoms with Crippen molar-refractivity contribution in [1.82, 2.24) is 25.2 Å². The van der Waals surface area contributed by atoms with Crippen LogP contribution in [0.15, 0.2) is 54.9 Å². The van der Waals surface area contributed by atoms with Crippen LogP contribution in [0.2, 0.25) is 5.02 Å². The second-order valence-electron chi connectivity index (χ2n) is 15.3. The number of nitrogens with zero attached hydrogens (tertiary/aromatic N) is 8. The summed E-state index contributed by atoms with van der Waals surface area (Å²) in [6.45, 7) is 12.6. The zero-order valence-corrected chi connectivity index (χ0v) is 32.5. The van der Waals surface area contributed by atoms with Crippen LogP contribution in [0.3, 0.4) is 0 Å². The van der Waals surface area contributed by atoms with Gasteiger partial charge in [-0.2, -0.15) is 0 Å². The summed E-state index contributed by atoms with van der Waals surface area (Å²) in [5, 5.41) is 9.78. The Morgan fingerprint density at radius 3 is 2.43 bits per heavy atom. The zero-order chi connectivity index (χ0) is 38.2. The van der Waals surface area contributed by atoms with Crippen molar-refractivity contribution >= 4 is 63.6 Å². The Morgan fingerprint density at radius 1 is 0.857 bits per heavy atom. The molecule has 56 heavy (non-hydrogen) atoms. The number of rotatable bonds is 8. The van der Waals surface area contributed by atoms with E-state index >= 15 is 0 Å². The minimum absolute atomic E-state index is 0.253. The van der Waals surface area contributed by atoms with Crippen LogP contribution >= 0.6 is 11.6 Å². The van der Waals surface area contributed by atoms with Crippen molar-refractivity contribution in [3.05, 3.63) is 76.7 Å². The number of anilines is 7. The summed E-state index contributed by atoms with van der Waals surface area (Å²) in [5.41, 5.74) is 9.41. The molecule has 0 bridgehead atoms. The van der Waals surface area contributed by atoms with Crippen molar-refractivity contribution in [2.75, 3.05) is 102 Å². The molecule has 7 heterocycles. The van der Waals surface area contributed by atoms with Crippen LogP contribution < -0.4 is 40.3 Å². The number of fused-ring (bicyclic) bond motifs is 2. The maximum absolute atomic E-state index is 12.3. The van der Waals surface area contributed by atoms with E-state index in [2.05, 4.69) is 76.7 Å². The number of carbonyl (C=O) groups excluding carboxylic acids is 2. The summed E-state index contributed by atoms with van der Waals surface area (Å²) in [7, 11) is 0. The Kier molecular flexibility index (Phi) is 10.2. The molecule has 0 atom stereocenters. The molecule has 5 aliphatic rings. The fourth-order valence-corrected chi connectivity index (χ4v) is 8.89. The first-order valence-electron chi connectivity index (χ1n) is 19.8. The molecule has 3 N–H and O–H groups in total. The smallest absolute Gasteiger partial charge is 0.328 e. The van der Waals surface area contributed by atoms with Gasteiger partial charge in [0.2, 0.25) is 17.7 Å². The summed E-state index contributed by atoms with van der Waals surface area (Å²) in [6, 6.07) is 14.1. The first-order valence-corrected chi connectivity index (χ1v) is 20.2. The standard InChI is InChI=1S/C41H48ClN11O3/c1-27-36(24-44-39-38(27)43-12-21-56-39)52-15-10-29-23-45-40(47-34(29)26-52)46-30-2-4-31(5-3-30)50-13-8-28(9-14-50)25-49-17-19-51(20-18-49)32-6-7-35(33(42)22-32)53-16-11-37(54)48-41(53)55/h2-7,22-24,28,43H,8-21,25-26H2,1H3,(H,45,46,47)(H,48,54,55). The molecule has 15 heteroatoms. The number of nitrogens with one attached hydrogen (secondary N) is 3. The Balaban J connectivity index is 0.737. The van der Waals surface area contributed by atoms with E-state index in [-0.39, 0.29) is 12.3 Å². The predicted octanol–water partition coefficient (Wildman–Crippen LogP) is 5.43. The molecule has 3 amide bonds.